The maximum absolute atomic E-state index is 14.4. The highest BCUT2D eigenvalue weighted by Crippen LogP contribution is 2.38. The van der Waals surface area contributed by atoms with Gasteiger partial charge in [0.15, 0.2) is 0 Å². The Labute approximate surface area is 174 Å². The van der Waals surface area contributed by atoms with Gasteiger partial charge in [0.05, 0.1) is 12.6 Å². The maximum atomic E-state index is 14.4. The number of carbonyl (C=O) groups is 1. The third-order valence-corrected chi connectivity index (χ3v) is 8.06. The molecule has 7 heteroatoms. The normalized spacial score (nSPS) is 44.4. The molecular formula is C22H39FN4O2. The Morgan fingerprint density at radius 1 is 1.21 bits per heavy atom. The summed E-state index contributed by atoms with van der Waals surface area (Å²) in [5.41, 5.74) is 0. The van der Waals surface area contributed by atoms with E-state index in [9.17, 15) is 14.3 Å². The van der Waals surface area contributed by atoms with E-state index in [4.69, 9.17) is 0 Å². The Bertz CT molecular complexity index is 561. The van der Waals surface area contributed by atoms with Crippen molar-refractivity contribution in [3.05, 3.63) is 0 Å². The van der Waals surface area contributed by atoms with Crippen LogP contribution < -0.4 is 10.6 Å². The highest BCUT2D eigenvalue weighted by Gasteiger charge is 2.46. The number of aliphatic hydroxyl groups excluding tert-OH is 1. The van der Waals surface area contributed by atoms with E-state index in [1.165, 1.54) is 0 Å². The number of likely N-dealkylation sites (N-methyl/N-ethyl adjacent to an activating group) is 1. The number of fused-ring (bicyclic) bond motifs is 1. The molecule has 4 aliphatic rings. The van der Waals surface area contributed by atoms with Gasteiger partial charge in [-0.3, -0.25) is 9.69 Å². The fourth-order valence-electron chi connectivity index (χ4n) is 6.37. The number of hydrogen-bond acceptors (Lipinski definition) is 5. The minimum atomic E-state index is -0.770. The lowest BCUT2D eigenvalue weighted by atomic mass is 9.77. The smallest absolute Gasteiger partial charge is 0.237 e. The van der Waals surface area contributed by atoms with E-state index in [2.05, 4.69) is 34.4 Å². The highest BCUT2D eigenvalue weighted by atomic mass is 19.1. The van der Waals surface area contributed by atoms with Crippen LogP contribution in [-0.4, -0.2) is 90.5 Å². The van der Waals surface area contributed by atoms with Gasteiger partial charge in [-0.05, 0) is 57.9 Å². The molecule has 2 saturated heterocycles. The third kappa shape index (κ3) is 4.63. The Hall–Kier alpha value is -0.760. The second-order valence-corrected chi connectivity index (χ2v) is 10.1. The fraction of sp³-hybridized carbons (Fsp3) is 0.955. The number of halogens is 1. The minimum Gasteiger partial charge on any atom is -0.395 e. The molecule has 2 aliphatic carbocycles. The van der Waals surface area contributed by atoms with Gasteiger partial charge in [-0.1, -0.05) is 6.92 Å². The van der Waals surface area contributed by atoms with Gasteiger partial charge in [-0.25, -0.2) is 4.39 Å². The summed E-state index contributed by atoms with van der Waals surface area (Å²) in [7, 11) is 2.11. The molecule has 0 aromatic heterocycles. The number of nitrogens with one attached hydrogen (secondary N) is 2. The summed E-state index contributed by atoms with van der Waals surface area (Å²) in [6.45, 7) is 5.28. The Morgan fingerprint density at radius 2 is 2.03 bits per heavy atom. The summed E-state index contributed by atoms with van der Waals surface area (Å²) in [6, 6.07) is 0.690. The second kappa shape index (κ2) is 9.16. The van der Waals surface area contributed by atoms with Crippen molar-refractivity contribution in [2.45, 2.75) is 88.3 Å². The first kappa shape index (κ1) is 21.5. The average Bonchev–Trinajstić information content (AvgIpc) is 3.18. The SMILES string of the molecule is CC1CCC(F)C2CC(C(=O)NC3CCCC(N4CCN(C)CC4CO)C3)NC12. The fourth-order valence-corrected chi connectivity index (χ4v) is 6.37. The van der Waals surface area contributed by atoms with Crippen molar-refractivity contribution < 1.29 is 14.3 Å². The molecule has 2 aliphatic heterocycles. The van der Waals surface area contributed by atoms with E-state index in [1.807, 2.05) is 0 Å². The topological polar surface area (TPSA) is 67.8 Å². The summed E-state index contributed by atoms with van der Waals surface area (Å²) in [4.78, 5) is 17.7. The molecule has 4 fully saturated rings. The van der Waals surface area contributed by atoms with Gasteiger partial charge in [-0.15, -0.1) is 0 Å². The molecule has 166 valence electrons. The van der Waals surface area contributed by atoms with E-state index in [-0.39, 0.29) is 42.6 Å². The standard InChI is InChI=1S/C22H39FN4O2/c1-14-6-7-19(23)18-11-20(25-21(14)18)22(29)24-15-4-3-5-16(10-15)27-9-8-26(2)12-17(27)13-28/h14-21,25,28H,3-13H2,1-2H3,(H,24,29). The number of rotatable bonds is 4. The van der Waals surface area contributed by atoms with E-state index in [0.29, 0.717) is 24.8 Å². The van der Waals surface area contributed by atoms with Crippen molar-refractivity contribution in [2.75, 3.05) is 33.3 Å². The average molecular weight is 411 g/mol. The molecule has 6 nitrogen and oxygen atoms in total. The Morgan fingerprint density at radius 3 is 2.79 bits per heavy atom. The third-order valence-electron chi connectivity index (χ3n) is 8.06. The van der Waals surface area contributed by atoms with Crippen LogP contribution in [0.2, 0.25) is 0 Å². The van der Waals surface area contributed by atoms with Crippen molar-refractivity contribution in [2.24, 2.45) is 11.8 Å². The van der Waals surface area contributed by atoms with Crippen molar-refractivity contribution in [3.63, 3.8) is 0 Å². The zero-order chi connectivity index (χ0) is 20.5. The maximum Gasteiger partial charge on any atom is 0.237 e. The van der Waals surface area contributed by atoms with Crippen LogP contribution in [0.15, 0.2) is 0 Å². The second-order valence-electron chi connectivity index (χ2n) is 10.1. The number of carbonyl (C=O) groups excluding carboxylic acids is 1. The monoisotopic (exact) mass is 410 g/mol. The van der Waals surface area contributed by atoms with Crippen molar-refractivity contribution in [3.8, 4) is 0 Å². The molecule has 1 amide bonds. The molecule has 0 spiro atoms. The number of hydrogen-bond donors (Lipinski definition) is 3. The predicted octanol–water partition coefficient (Wildman–Crippen LogP) is 1.14. The molecule has 0 bridgehead atoms. The van der Waals surface area contributed by atoms with Crippen LogP contribution in [0.3, 0.4) is 0 Å². The highest BCUT2D eigenvalue weighted by molar-refractivity contribution is 5.82. The molecule has 29 heavy (non-hydrogen) atoms. The van der Waals surface area contributed by atoms with E-state index in [0.717, 1.165) is 51.7 Å². The van der Waals surface area contributed by atoms with E-state index >= 15 is 0 Å². The van der Waals surface area contributed by atoms with Gasteiger partial charge in [0.25, 0.3) is 0 Å². The molecule has 4 rings (SSSR count). The molecule has 8 unspecified atom stereocenters. The van der Waals surface area contributed by atoms with Gasteiger partial charge in [-0.2, -0.15) is 0 Å². The van der Waals surface area contributed by atoms with Crippen molar-refractivity contribution in [1.82, 2.24) is 20.4 Å². The molecule has 2 saturated carbocycles. The van der Waals surface area contributed by atoms with E-state index < -0.39 is 6.17 Å². The van der Waals surface area contributed by atoms with Crippen LogP contribution >= 0.6 is 0 Å². The van der Waals surface area contributed by atoms with Crippen LogP contribution in [0.5, 0.6) is 0 Å². The van der Waals surface area contributed by atoms with E-state index in [1.54, 1.807) is 0 Å². The predicted molar refractivity (Wildman–Crippen MR) is 111 cm³/mol. The van der Waals surface area contributed by atoms with Gasteiger partial charge in [0, 0.05) is 49.7 Å². The summed E-state index contributed by atoms with van der Waals surface area (Å²) in [5.74, 6) is 0.488. The first-order chi connectivity index (χ1) is 14.0. The largest absolute Gasteiger partial charge is 0.395 e. The van der Waals surface area contributed by atoms with Crippen LogP contribution in [0.4, 0.5) is 4.39 Å². The molecule has 3 N–H and O–H groups in total. The van der Waals surface area contributed by atoms with Gasteiger partial charge < -0.3 is 20.6 Å². The number of nitrogens with zero attached hydrogens (tertiary/aromatic N) is 2. The van der Waals surface area contributed by atoms with Gasteiger partial charge in [0.2, 0.25) is 5.91 Å². The van der Waals surface area contributed by atoms with Crippen molar-refractivity contribution in [1.29, 1.82) is 0 Å². The summed E-state index contributed by atoms with van der Waals surface area (Å²) < 4.78 is 14.4. The quantitative estimate of drug-likeness (QED) is 0.649. The zero-order valence-electron chi connectivity index (χ0n) is 18.0. The molecule has 8 atom stereocenters. The van der Waals surface area contributed by atoms with Crippen LogP contribution in [0, 0.1) is 11.8 Å². The van der Waals surface area contributed by atoms with Gasteiger partial charge in [0.1, 0.15) is 6.17 Å². The van der Waals surface area contributed by atoms with Crippen molar-refractivity contribution >= 4 is 5.91 Å². The summed E-state index contributed by atoms with van der Waals surface area (Å²) in [6.07, 6.45) is 5.61. The molecule has 0 radical (unpaired) electrons. The summed E-state index contributed by atoms with van der Waals surface area (Å²) in [5, 5.41) is 16.6. The number of amides is 1. The van der Waals surface area contributed by atoms with Crippen LogP contribution in [0.25, 0.3) is 0 Å². The Kier molecular flexibility index (Phi) is 6.78. The molecule has 0 aromatic carbocycles. The lowest BCUT2D eigenvalue weighted by Crippen LogP contribution is -2.59. The first-order valence-electron chi connectivity index (χ1n) is 11.7. The number of aliphatic hydroxyl groups is 1. The Balaban J connectivity index is 1.32. The molecule has 2 heterocycles. The minimum absolute atomic E-state index is 0.00995. The zero-order valence-corrected chi connectivity index (χ0v) is 18.0. The van der Waals surface area contributed by atoms with Crippen LogP contribution in [-0.2, 0) is 4.79 Å². The lowest BCUT2D eigenvalue weighted by Gasteiger charge is -2.46. The first-order valence-corrected chi connectivity index (χ1v) is 11.7. The van der Waals surface area contributed by atoms with Crippen LogP contribution in [0.1, 0.15) is 51.9 Å². The molecular weight excluding hydrogens is 371 g/mol. The summed E-state index contributed by atoms with van der Waals surface area (Å²) >= 11 is 0. The lowest BCUT2D eigenvalue weighted by molar-refractivity contribution is -0.124. The van der Waals surface area contributed by atoms with Gasteiger partial charge >= 0.3 is 0 Å². The molecule has 0 aromatic rings. The number of alkyl halides is 1. The number of piperazine rings is 1.